The fourth-order valence-electron chi connectivity index (χ4n) is 6.20. The van der Waals surface area contributed by atoms with Gasteiger partial charge in [-0.2, -0.15) is 13.2 Å². The molecular formula is C23H33F3N3O+. The minimum atomic E-state index is -4.32. The minimum absolute atomic E-state index is 0.236. The number of fused-ring (bicyclic) bond motifs is 2. The SMILES string of the molecule is CC1(C)C[C@@H]2C[C@@](C)(CN2C(=O)C[NH+]2CCN(c3cccc(C(F)(F)F)c3)CC2)C1. The van der Waals surface area contributed by atoms with Crippen LogP contribution in [0.2, 0.25) is 0 Å². The average Bonchev–Trinajstić information content (AvgIpc) is 2.90. The second-order valence-electron chi connectivity index (χ2n) is 10.7. The number of alkyl halides is 3. The number of hydrogen-bond donors (Lipinski definition) is 1. The van der Waals surface area contributed by atoms with Gasteiger partial charge in [-0.3, -0.25) is 4.79 Å². The molecule has 0 radical (unpaired) electrons. The highest BCUT2D eigenvalue weighted by molar-refractivity contribution is 5.78. The Morgan fingerprint density at radius 1 is 1.17 bits per heavy atom. The van der Waals surface area contributed by atoms with Gasteiger partial charge in [0.1, 0.15) is 0 Å². The lowest BCUT2D eigenvalue weighted by Crippen LogP contribution is -3.16. The second kappa shape index (κ2) is 7.43. The van der Waals surface area contributed by atoms with E-state index in [-0.39, 0.29) is 16.7 Å². The predicted octanol–water partition coefficient (Wildman–Crippen LogP) is 2.84. The maximum Gasteiger partial charge on any atom is 0.416 e. The number of amides is 1. The number of quaternary nitrogens is 1. The van der Waals surface area contributed by atoms with E-state index in [4.69, 9.17) is 0 Å². The molecule has 2 aliphatic heterocycles. The van der Waals surface area contributed by atoms with Crippen LogP contribution in [0.4, 0.5) is 18.9 Å². The van der Waals surface area contributed by atoms with Gasteiger partial charge in [0.25, 0.3) is 5.91 Å². The number of likely N-dealkylation sites (tertiary alicyclic amines) is 1. The Hall–Kier alpha value is -1.76. The molecule has 2 atom stereocenters. The van der Waals surface area contributed by atoms with Crippen molar-refractivity contribution in [3.05, 3.63) is 29.8 Å². The number of benzene rings is 1. The summed E-state index contributed by atoms with van der Waals surface area (Å²) in [5.41, 5.74) is 0.524. The Balaban J connectivity index is 1.33. The molecule has 1 saturated carbocycles. The highest BCUT2D eigenvalue weighted by atomic mass is 19.4. The third kappa shape index (κ3) is 4.46. The van der Waals surface area contributed by atoms with Gasteiger partial charge in [-0.15, -0.1) is 0 Å². The average molecular weight is 425 g/mol. The Bertz CT molecular complexity index is 801. The number of carbonyl (C=O) groups excluding carboxylic acids is 1. The van der Waals surface area contributed by atoms with Crippen LogP contribution in [0.15, 0.2) is 24.3 Å². The van der Waals surface area contributed by atoms with E-state index in [9.17, 15) is 18.0 Å². The van der Waals surface area contributed by atoms with Gasteiger partial charge in [-0.1, -0.05) is 26.8 Å². The van der Waals surface area contributed by atoms with Crippen LogP contribution in [0, 0.1) is 10.8 Å². The number of halogens is 3. The smallest absolute Gasteiger partial charge is 0.360 e. The summed E-state index contributed by atoms with van der Waals surface area (Å²) in [4.78, 5) is 18.4. The topological polar surface area (TPSA) is 28.0 Å². The number of nitrogens with one attached hydrogen (secondary N) is 1. The molecule has 3 fully saturated rings. The quantitative estimate of drug-likeness (QED) is 0.808. The summed E-state index contributed by atoms with van der Waals surface area (Å²) in [6.45, 7) is 11.2. The lowest BCUT2D eigenvalue weighted by atomic mass is 9.65. The van der Waals surface area contributed by atoms with Crippen molar-refractivity contribution in [2.24, 2.45) is 10.8 Å². The normalized spacial score (nSPS) is 29.3. The first kappa shape index (κ1) is 21.5. The molecule has 2 saturated heterocycles. The molecule has 30 heavy (non-hydrogen) atoms. The molecule has 1 aromatic carbocycles. The molecule has 2 heterocycles. The fraction of sp³-hybridized carbons (Fsp3) is 0.696. The third-order valence-corrected chi connectivity index (χ3v) is 7.15. The molecule has 3 aliphatic rings. The van der Waals surface area contributed by atoms with Crippen LogP contribution in [0.25, 0.3) is 0 Å². The van der Waals surface area contributed by atoms with E-state index < -0.39 is 11.7 Å². The Morgan fingerprint density at radius 3 is 2.53 bits per heavy atom. The van der Waals surface area contributed by atoms with Crippen LogP contribution in [0.3, 0.4) is 0 Å². The Morgan fingerprint density at radius 2 is 1.87 bits per heavy atom. The lowest BCUT2D eigenvalue weighted by Gasteiger charge is -2.39. The maximum atomic E-state index is 13.1. The summed E-state index contributed by atoms with van der Waals surface area (Å²) < 4.78 is 39.0. The van der Waals surface area contributed by atoms with Crippen LogP contribution >= 0.6 is 0 Å². The van der Waals surface area contributed by atoms with Crippen molar-refractivity contribution in [1.29, 1.82) is 0 Å². The van der Waals surface area contributed by atoms with Crippen molar-refractivity contribution >= 4 is 11.6 Å². The zero-order chi connectivity index (χ0) is 21.7. The largest absolute Gasteiger partial charge is 0.416 e. The van der Waals surface area contributed by atoms with Crippen LogP contribution in [-0.4, -0.2) is 56.1 Å². The number of nitrogens with zero attached hydrogens (tertiary/aromatic N) is 2. The number of piperazine rings is 1. The van der Waals surface area contributed by atoms with Gasteiger partial charge in [-0.25, -0.2) is 0 Å². The lowest BCUT2D eigenvalue weighted by molar-refractivity contribution is -0.892. The molecule has 1 aromatic rings. The van der Waals surface area contributed by atoms with E-state index >= 15 is 0 Å². The van der Waals surface area contributed by atoms with Crippen molar-refractivity contribution in [2.75, 3.05) is 44.2 Å². The first-order valence-electron chi connectivity index (χ1n) is 11.0. The van der Waals surface area contributed by atoms with Crippen molar-refractivity contribution in [1.82, 2.24) is 4.90 Å². The van der Waals surface area contributed by atoms with Gasteiger partial charge in [-0.05, 0) is 48.3 Å². The predicted molar refractivity (Wildman–Crippen MR) is 110 cm³/mol. The molecule has 1 aliphatic carbocycles. The van der Waals surface area contributed by atoms with E-state index in [0.29, 0.717) is 31.4 Å². The summed E-state index contributed by atoms with van der Waals surface area (Å²) in [6.07, 6.45) is -0.967. The number of anilines is 1. The van der Waals surface area contributed by atoms with Crippen molar-refractivity contribution in [2.45, 2.75) is 52.3 Å². The number of carbonyl (C=O) groups is 1. The zero-order valence-electron chi connectivity index (χ0n) is 18.2. The summed E-state index contributed by atoms with van der Waals surface area (Å²) in [5, 5.41) is 0. The molecule has 4 rings (SSSR count). The van der Waals surface area contributed by atoms with Crippen molar-refractivity contribution in [3.8, 4) is 0 Å². The van der Waals surface area contributed by atoms with Gasteiger partial charge >= 0.3 is 6.18 Å². The molecule has 0 aromatic heterocycles. The van der Waals surface area contributed by atoms with Gasteiger partial charge < -0.3 is 14.7 Å². The molecule has 0 unspecified atom stereocenters. The summed E-state index contributed by atoms with van der Waals surface area (Å²) >= 11 is 0. The Kier molecular flexibility index (Phi) is 5.32. The van der Waals surface area contributed by atoms with E-state index in [1.807, 2.05) is 4.90 Å². The molecule has 2 bridgehead atoms. The van der Waals surface area contributed by atoms with Gasteiger partial charge in [0.15, 0.2) is 6.54 Å². The van der Waals surface area contributed by atoms with Crippen LogP contribution < -0.4 is 9.80 Å². The number of hydrogen-bond acceptors (Lipinski definition) is 2. The van der Waals surface area contributed by atoms with Gasteiger partial charge in [0.2, 0.25) is 0 Å². The molecule has 166 valence electrons. The first-order chi connectivity index (χ1) is 13.9. The molecule has 0 spiro atoms. The standard InChI is InChI=1S/C23H32F3N3O/c1-21(2)12-19-13-22(3,15-21)16-29(19)20(30)14-27-7-9-28(10-8-27)18-6-4-5-17(11-18)23(24,25)26/h4-6,11,19H,7-10,12-16H2,1-3H3/p+1/t19-,22-/m1/s1. The molecule has 1 amide bonds. The number of rotatable bonds is 3. The highest BCUT2D eigenvalue weighted by Gasteiger charge is 2.51. The molecular weight excluding hydrogens is 391 g/mol. The van der Waals surface area contributed by atoms with Gasteiger partial charge in [0.05, 0.1) is 31.7 Å². The Labute approximate surface area is 177 Å². The van der Waals surface area contributed by atoms with Crippen LogP contribution in [-0.2, 0) is 11.0 Å². The fourth-order valence-corrected chi connectivity index (χ4v) is 6.20. The van der Waals surface area contributed by atoms with Crippen LogP contribution in [0.1, 0.15) is 45.6 Å². The van der Waals surface area contributed by atoms with Crippen LogP contribution in [0.5, 0.6) is 0 Å². The molecule has 4 nitrogen and oxygen atoms in total. The van der Waals surface area contributed by atoms with Gasteiger partial charge in [0, 0.05) is 18.3 Å². The van der Waals surface area contributed by atoms with E-state index in [1.54, 1.807) is 6.07 Å². The molecule has 7 heteroatoms. The molecule has 1 N–H and O–H groups in total. The summed E-state index contributed by atoms with van der Waals surface area (Å²) in [7, 11) is 0. The summed E-state index contributed by atoms with van der Waals surface area (Å²) in [5.74, 6) is 0.240. The maximum absolute atomic E-state index is 13.1. The zero-order valence-corrected chi connectivity index (χ0v) is 18.2. The van der Waals surface area contributed by atoms with E-state index in [0.717, 1.165) is 38.5 Å². The highest BCUT2D eigenvalue weighted by Crippen LogP contribution is 2.52. The van der Waals surface area contributed by atoms with E-state index in [1.165, 1.54) is 23.5 Å². The summed E-state index contributed by atoms with van der Waals surface area (Å²) in [6, 6.07) is 5.89. The first-order valence-corrected chi connectivity index (χ1v) is 11.0. The van der Waals surface area contributed by atoms with Crippen molar-refractivity contribution in [3.63, 3.8) is 0 Å². The van der Waals surface area contributed by atoms with E-state index in [2.05, 4.69) is 25.7 Å². The second-order valence-corrected chi connectivity index (χ2v) is 10.7. The monoisotopic (exact) mass is 424 g/mol. The third-order valence-electron chi connectivity index (χ3n) is 7.15. The van der Waals surface area contributed by atoms with Crippen molar-refractivity contribution < 1.29 is 22.9 Å². The minimum Gasteiger partial charge on any atom is -0.360 e.